The highest BCUT2D eigenvalue weighted by atomic mass is 19.1. The van der Waals surface area contributed by atoms with Gasteiger partial charge in [0, 0.05) is 5.69 Å². The molecule has 0 atom stereocenters. The minimum absolute atomic E-state index is 0.185. The smallest absolute Gasteiger partial charge is 0.357 e. The van der Waals surface area contributed by atoms with Crippen molar-refractivity contribution in [2.75, 3.05) is 12.3 Å². The van der Waals surface area contributed by atoms with Crippen LogP contribution in [0.3, 0.4) is 0 Å². The zero-order chi connectivity index (χ0) is 11.7. The van der Waals surface area contributed by atoms with Crippen LogP contribution in [0, 0.1) is 5.82 Å². The summed E-state index contributed by atoms with van der Waals surface area (Å²) in [5.41, 5.74) is 6.23. The van der Waals surface area contributed by atoms with Crippen molar-refractivity contribution < 1.29 is 13.9 Å². The number of nitrogens with one attached hydrogen (secondary N) is 1. The second-order valence-electron chi connectivity index (χ2n) is 3.30. The molecule has 0 aliphatic rings. The molecule has 4 nitrogen and oxygen atoms in total. The number of H-pyrrole nitrogens is 1. The summed E-state index contributed by atoms with van der Waals surface area (Å²) in [4.78, 5) is 14.1. The second kappa shape index (κ2) is 3.84. The molecule has 0 aliphatic heterocycles. The van der Waals surface area contributed by atoms with Gasteiger partial charge in [-0.15, -0.1) is 0 Å². The number of hydrogen-bond donors (Lipinski definition) is 2. The molecular weight excluding hydrogens is 211 g/mol. The van der Waals surface area contributed by atoms with E-state index in [1.807, 2.05) is 0 Å². The molecule has 3 N–H and O–H groups in total. The fraction of sp³-hybridized carbons (Fsp3) is 0.182. The summed E-state index contributed by atoms with van der Waals surface area (Å²) in [5, 5.41) is 0.227. The molecule has 2 aromatic rings. The molecular formula is C11H11FN2O2. The Labute approximate surface area is 91.2 Å². The minimum atomic E-state index is -0.712. The highest BCUT2D eigenvalue weighted by Gasteiger charge is 2.19. The van der Waals surface area contributed by atoms with Crippen molar-refractivity contribution in [1.82, 2.24) is 4.98 Å². The standard InChI is InChI=1S/C11H11FN2O2/c1-2-16-11(15)10-9(12)8-6(13)4-3-5-7(8)14-10/h3-5,14H,2,13H2,1H3. The first-order chi connectivity index (χ1) is 7.65. The summed E-state index contributed by atoms with van der Waals surface area (Å²) in [5.74, 6) is -1.37. The Morgan fingerprint density at radius 3 is 2.94 bits per heavy atom. The highest BCUT2D eigenvalue weighted by molar-refractivity contribution is 5.99. The number of aromatic amines is 1. The lowest BCUT2D eigenvalue weighted by atomic mass is 10.2. The average molecular weight is 222 g/mol. The fourth-order valence-corrected chi connectivity index (χ4v) is 1.58. The number of carbonyl (C=O) groups is 1. The molecule has 5 heteroatoms. The van der Waals surface area contributed by atoms with Crippen molar-refractivity contribution in [3.8, 4) is 0 Å². The summed E-state index contributed by atoms with van der Waals surface area (Å²) in [6, 6.07) is 4.91. The largest absolute Gasteiger partial charge is 0.461 e. The molecule has 0 unspecified atom stereocenters. The molecule has 16 heavy (non-hydrogen) atoms. The number of benzene rings is 1. The van der Waals surface area contributed by atoms with Gasteiger partial charge in [0.05, 0.1) is 17.5 Å². The van der Waals surface area contributed by atoms with Crippen LogP contribution in [0.1, 0.15) is 17.4 Å². The van der Waals surface area contributed by atoms with Crippen molar-refractivity contribution in [1.29, 1.82) is 0 Å². The van der Waals surface area contributed by atoms with E-state index in [0.717, 1.165) is 0 Å². The van der Waals surface area contributed by atoms with Gasteiger partial charge in [0.15, 0.2) is 11.5 Å². The maximum absolute atomic E-state index is 13.9. The molecule has 1 aromatic carbocycles. The summed E-state index contributed by atoms with van der Waals surface area (Å²) in [6.45, 7) is 1.86. The zero-order valence-electron chi connectivity index (χ0n) is 8.71. The van der Waals surface area contributed by atoms with Gasteiger partial charge in [-0.05, 0) is 19.1 Å². The molecule has 84 valence electrons. The van der Waals surface area contributed by atoms with E-state index in [-0.39, 0.29) is 17.7 Å². The number of fused-ring (bicyclic) bond motifs is 1. The van der Waals surface area contributed by atoms with Crippen LogP contribution < -0.4 is 5.73 Å². The number of halogens is 1. The van der Waals surface area contributed by atoms with Crippen LogP contribution >= 0.6 is 0 Å². The predicted octanol–water partition coefficient (Wildman–Crippen LogP) is 2.07. The Morgan fingerprint density at radius 2 is 2.31 bits per heavy atom. The second-order valence-corrected chi connectivity index (χ2v) is 3.30. The van der Waals surface area contributed by atoms with Gasteiger partial charge in [-0.2, -0.15) is 0 Å². The van der Waals surface area contributed by atoms with Crippen LogP contribution in [0.25, 0.3) is 10.9 Å². The first-order valence-corrected chi connectivity index (χ1v) is 4.88. The Morgan fingerprint density at radius 1 is 1.56 bits per heavy atom. The van der Waals surface area contributed by atoms with Crippen LogP contribution in [0.4, 0.5) is 10.1 Å². The van der Waals surface area contributed by atoms with E-state index in [1.54, 1.807) is 25.1 Å². The molecule has 0 amide bonds. The number of aromatic nitrogens is 1. The van der Waals surface area contributed by atoms with E-state index in [0.29, 0.717) is 11.2 Å². The third kappa shape index (κ3) is 1.50. The quantitative estimate of drug-likeness (QED) is 0.603. The molecule has 0 saturated heterocycles. The average Bonchev–Trinajstić information content (AvgIpc) is 2.58. The lowest BCUT2D eigenvalue weighted by Crippen LogP contribution is -2.06. The first kappa shape index (κ1) is 10.5. The van der Waals surface area contributed by atoms with Crippen LogP contribution in [-0.4, -0.2) is 17.6 Å². The molecule has 2 rings (SSSR count). The molecule has 0 fully saturated rings. The number of rotatable bonds is 2. The van der Waals surface area contributed by atoms with Crippen molar-refractivity contribution in [2.24, 2.45) is 0 Å². The maximum Gasteiger partial charge on any atom is 0.357 e. The van der Waals surface area contributed by atoms with Crippen LogP contribution in [0.2, 0.25) is 0 Å². The lowest BCUT2D eigenvalue weighted by Gasteiger charge is -1.98. The predicted molar refractivity (Wildman–Crippen MR) is 58.6 cm³/mol. The van der Waals surface area contributed by atoms with Gasteiger partial charge < -0.3 is 15.5 Å². The van der Waals surface area contributed by atoms with Gasteiger partial charge in [-0.1, -0.05) is 6.07 Å². The van der Waals surface area contributed by atoms with E-state index in [9.17, 15) is 9.18 Å². The number of nitrogens with two attached hydrogens (primary N) is 1. The summed E-state index contributed by atoms with van der Waals surface area (Å²) >= 11 is 0. The van der Waals surface area contributed by atoms with Crippen LogP contribution in [-0.2, 0) is 4.74 Å². The lowest BCUT2D eigenvalue weighted by molar-refractivity contribution is 0.0515. The number of hydrogen-bond acceptors (Lipinski definition) is 3. The van der Waals surface area contributed by atoms with Gasteiger partial charge >= 0.3 is 5.97 Å². The topological polar surface area (TPSA) is 68.1 Å². The third-order valence-corrected chi connectivity index (χ3v) is 2.27. The van der Waals surface area contributed by atoms with Crippen molar-refractivity contribution in [3.05, 3.63) is 29.7 Å². The molecule has 1 aromatic heterocycles. The number of ether oxygens (including phenoxy) is 1. The van der Waals surface area contributed by atoms with Gasteiger partial charge in [-0.25, -0.2) is 9.18 Å². The van der Waals surface area contributed by atoms with Crippen molar-refractivity contribution in [2.45, 2.75) is 6.92 Å². The normalized spacial score (nSPS) is 10.6. The number of carbonyl (C=O) groups excluding carboxylic acids is 1. The maximum atomic E-state index is 13.9. The molecule has 0 aliphatic carbocycles. The SMILES string of the molecule is CCOC(=O)c1[nH]c2cccc(N)c2c1F. The molecule has 0 bridgehead atoms. The van der Waals surface area contributed by atoms with E-state index in [4.69, 9.17) is 10.5 Å². The zero-order valence-corrected chi connectivity index (χ0v) is 8.71. The van der Waals surface area contributed by atoms with Gasteiger partial charge in [0.2, 0.25) is 0 Å². The summed E-state index contributed by atoms with van der Waals surface area (Å²) < 4.78 is 18.6. The van der Waals surface area contributed by atoms with Gasteiger partial charge in [0.25, 0.3) is 0 Å². The van der Waals surface area contributed by atoms with Gasteiger partial charge in [-0.3, -0.25) is 0 Å². The Bertz CT molecular complexity index is 548. The molecule has 1 heterocycles. The van der Waals surface area contributed by atoms with Gasteiger partial charge in [0.1, 0.15) is 0 Å². The Hall–Kier alpha value is -2.04. The van der Waals surface area contributed by atoms with E-state index < -0.39 is 11.8 Å². The van der Waals surface area contributed by atoms with E-state index in [1.165, 1.54) is 0 Å². The third-order valence-electron chi connectivity index (χ3n) is 2.27. The van der Waals surface area contributed by atoms with Crippen LogP contribution in [0.15, 0.2) is 18.2 Å². The van der Waals surface area contributed by atoms with E-state index >= 15 is 0 Å². The monoisotopic (exact) mass is 222 g/mol. The highest BCUT2D eigenvalue weighted by Crippen LogP contribution is 2.26. The van der Waals surface area contributed by atoms with Crippen LogP contribution in [0.5, 0.6) is 0 Å². The first-order valence-electron chi connectivity index (χ1n) is 4.88. The number of anilines is 1. The van der Waals surface area contributed by atoms with Crippen molar-refractivity contribution >= 4 is 22.6 Å². The fourth-order valence-electron chi connectivity index (χ4n) is 1.58. The number of nitrogen functional groups attached to an aromatic ring is 1. The summed E-state index contributed by atoms with van der Waals surface area (Å²) in [7, 11) is 0. The van der Waals surface area contributed by atoms with Crippen molar-refractivity contribution in [3.63, 3.8) is 0 Å². The molecule has 0 saturated carbocycles. The Kier molecular flexibility index (Phi) is 2.52. The summed E-state index contributed by atoms with van der Waals surface area (Å²) in [6.07, 6.45) is 0. The number of esters is 1. The molecule has 0 radical (unpaired) electrons. The minimum Gasteiger partial charge on any atom is -0.461 e. The molecule has 0 spiro atoms. The van der Waals surface area contributed by atoms with E-state index in [2.05, 4.69) is 4.98 Å². The Balaban J connectivity index is 2.61.